The van der Waals surface area contributed by atoms with Gasteiger partial charge in [-0.2, -0.15) is 0 Å². The van der Waals surface area contributed by atoms with Gasteiger partial charge in [-0.3, -0.25) is 15.0 Å². The van der Waals surface area contributed by atoms with Crippen molar-refractivity contribution < 1.29 is 14.3 Å². The highest BCUT2D eigenvalue weighted by atomic mass is 16.6. The van der Waals surface area contributed by atoms with Gasteiger partial charge >= 0.3 is 6.09 Å². The molecule has 1 N–H and O–H groups in total. The number of hydrogen-bond acceptors (Lipinski definition) is 4. The molecular formula is C13H20N4O3. The van der Waals surface area contributed by atoms with Crippen LogP contribution in [0.15, 0.2) is 12.4 Å². The third-order valence-corrected chi connectivity index (χ3v) is 3.01. The zero-order valence-corrected chi connectivity index (χ0v) is 12.2. The highest BCUT2D eigenvalue weighted by Gasteiger charge is 2.40. The van der Waals surface area contributed by atoms with Gasteiger partial charge in [0.15, 0.2) is 0 Å². The molecule has 1 aliphatic heterocycles. The normalized spacial score (nSPS) is 18.4. The van der Waals surface area contributed by atoms with E-state index in [-0.39, 0.29) is 5.91 Å². The molecule has 2 heterocycles. The number of aromatic nitrogens is 2. The van der Waals surface area contributed by atoms with Crippen molar-refractivity contribution in [1.29, 1.82) is 0 Å². The summed E-state index contributed by atoms with van der Waals surface area (Å²) in [6, 6.07) is -0.485. The Balaban J connectivity index is 1.95. The minimum Gasteiger partial charge on any atom is -0.444 e. The molecule has 7 heteroatoms. The van der Waals surface area contributed by atoms with Gasteiger partial charge in [0.2, 0.25) is 11.9 Å². The molecule has 0 unspecified atom stereocenters. The summed E-state index contributed by atoms with van der Waals surface area (Å²) in [5, 5.41) is 2.70. The largest absolute Gasteiger partial charge is 0.444 e. The summed E-state index contributed by atoms with van der Waals surface area (Å²) in [6.45, 7) is 5.93. The average Bonchev–Trinajstić information content (AvgIpc) is 2.59. The van der Waals surface area contributed by atoms with Gasteiger partial charge in [0.25, 0.3) is 0 Å². The number of ether oxygens (including phenoxy) is 1. The van der Waals surface area contributed by atoms with Crippen LogP contribution in [0.4, 0.5) is 10.7 Å². The van der Waals surface area contributed by atoms with Crippen molar-refractivity contribution in [1.82, 2.24) is 14.5 Å². The number of carbonyl (C=O) groups excluding carboxylic acids is 2. The van der Waals surface area contributed by atoms with E-state index in [1.54, 1.807) is 44.8 Å². The van der Waals surface area contributed by atoms with Gasteiger partial charge in [-0.1, -0.05) is 0 Å². The Kier molecular flexibility index (Phi) is 3.69. The lowest BCUT2D eigenvalue weighted by atomic mass is 10.0. The number of aryl methyl sites for hydroxylation is 1. The van der Waals surface area contributed by atoms with Crippen molar-refractivity contribution in [2.75, 3.05) is 11.9 Å². The van der Waals surface area contributed by atoms with E-state index in [1.807, 2.05) is 0 Å². The van der Waals surface area contributed by atoms with E-state index in [0.717, 1.165) is 0 Å². The number of anilines is 1. The van der Waals surface area contributed by atoms with E-state index in [1.165, 1.54) is 4.90 Å². The first-order valence-corrected chi connectivity index (χ1v) is 6.56. The number of imidazole rings is 1. The summed E-state index contributed by atoms with van der Waals surface area (Å²) in [7, 11) is 1.79. The van der Waals surface area contributed by atoms with E-state index >= 15 is 0 Å². The van der Waals surface area contributed by atoms with E-state index in [0.29, 0.717) is 18.9 Å². The summed E-state index contributed by atoms with van der Waals surface area (Å²) in [6.07, 6.45) is 3.52. The maximum atomic E-state index is 12.1. The molecule has 0 spiro atoms. The number of amides is 2. The minimum atomic E-state index is -0.562. The van der Waals surface area contributed by atoms with Crippen LogP contribution < -0.4 is 5.32 Å². The van der Waals surface area contributed by atoms with Crippen molar-refractivity contribution in [3.63, 3.8) is 0 Å². The van der Waals surface area contributed by atoms with Gasteiger partial charge in [0, 0.05) is 26.0 Å². The number of likely N-dealkylation sites (tertiary alicyclic amines) is 1. The molecule has 7 nitrogen and oxygen atoms in total. The highest BCUT2D eigenvalue weighted by molar-refractivity contribution is 5.96. The highest BCUT2D eigenvalue weighted by Crippen LogP contribution is 2.22. The number of nitrogens with zero attached hydrogens (tertiary/aromatic N) is 3. The Morgan fingerprint density at radius 2 is 2.15 bits per heavy atom. The molecule has 1 fully saturated rings. The van der Waals surface area contributed by atoms with E-state index in [9.17, 15) is 9.59 Å². The van der Waals surface area contributed by atoms with Gasteiger partial charge in [0.05, 0.1) is 0 Å². The minimum absolute atomic E-state index is 0.239. The second-order valence-corrected chi connectivity index (χ2v) is 5.83. The van der Waals surface area contributed by atoms with Crippen molar-refractivity contribution in [2.24, 2.45) is 7.05 Å². The molecule has 20 heavy (non-hydrogen) atoms. The second-order valence-electron chi connectivity index (χ2n) is 5.83. The first kappa shape index (κ1) is 14.4. The van der Waals surface area contributed by atoms with Crippen LogP contribution in [0.2, 0.25) is 0 Å². The lowest BCUT2D eigenvalue weighted by Gasteiger charge is -2.39. The first-order valence-electron chi connectivity index (χ1n) is 6.56. The smallest absolute Gasteiger partial charge is 0.410 e. The van der Waals surface area contributed by atoms with E-state index in [4.69, 9.17) is 4.74 Å². The van der Waals surface area contributed by atoms with Crippen molar-refractivity contribution in [2.45, 2.75) is 38.8 Å². The van der Waals surface area contributed by atoms with Crippen LogP contribution in [0.25, 0.3) is 0 Å². The maximum absolute atomic E-state index is 12.1. The van der Waals surface area contributed by atoms with Gasteiger partial charge in [0.1, 0.15) is 11.6 Å². The van der Waals surface area contributed by atoms with E-state index in [2.05, 4.69) is 10.3 Å². The molecule has 0 radical (unpaired) electrons. The van der Waals surface area contributed by atoms with Crippen LogP contribution in [0.5, 0.6) is 0 Å². The zero-order valence-electron chi connectivity index (χ0n) is 12.2. The molecule has 110 valence electrons. The van der Waals surface area contributed by atoms with Crippen LogP contribution in [0, 0.1) is 0 Å². The summed E-state index contributed by atoms with van der Waals surface area (Å²) < 4.78 is 6.97. The third-order valence-electron chi connectivity index (χ3n) is 3.01. The van der Waals surface area contributed by atoms with Crippen LogP contribution in [-0.2, 0) is 16.6 Å². The Labute approximate surface area is 117 Å². The molecule has 1 aromatic heterocycles. The molecular weight excluding hydrogens is 260 g/mol. The van der Waals surface area contributed by atoms with Crippen LogP contribution in [-0.4, -0.2) is 44.6 Å². The molecule has 0 aromatic carbocycles. The molecule has 2 amide bonds. The Morgan fingerprint density at radius 3 is 2.60 bits per heavy atom. The lowest BCUT2D eigenvalue weighted by Crippen LogP contribution is -2.57. The summed E-state index contributed by atoms with van der Waals surface area (Å²) in [5.41, 5.74) is -0.562. The number of carbonyl (C=O) groups is 2. The molecule has 2 rings (SSSR count). The maximum Gasteiger partial charge on any atom is 0.410 e. The van der Waals surface area contributed by atoms with Gasteiger partial charge in [-0.15, -0.1) is 0 Å². The predicted octanol–water partition coefficient (Wildman–Crippen LogP) is 1.37. The SMILES string of the molecule is Cn1ccnc1NC(=O)[C@H]1CCN1C(=O)OC(C)(C)C. The van der Waals surface area contributed by atoms with Crippen LogP contribution in [0.1, 0.15) is 27.2 Å². The molecule has 1 atom stereocenters. The van der Waals surface area contributed by atoms with Crippen LogP contribution >= 0.6 is 0 Å². The summed E-state index contributed by atoms with van der Waals surface area (Å²) >= 11 is 0. The Bertz CT molecular complexity index is 518. The molecule has 0 bridgehead atoms. The Hall–Kier alpha value is -2.05. The van der Waals surface area contributed by atoms with Crippen molar-refractivity contribution in [3.05, 3.63) is 12.4 Å². The second kappa shape index (κ2) is 5.15. The fourth-order valence-corrected chi connectivity index (χ4v) is 1.88. The standard InChI is InChI=1S/C13H20N4O3/c1-13(2,3)20-12(19)17-7-5-9(17)10(18)15-11-14-6-8-16(11)4/h6,8-9H,5,7H2,1-4H3,(H,14,15,18)/t9-/m1/s1. The zero-order chi connectivity index (χ0) is 14.9. The molecule has 1 aliphatic rings. The third kappa shape index (κ3) is 3.09. The molecule has 0 aliphatic carbocycles. The molecule has 1 aromatic rings. The van der Waals surface area contributed by atoms with Gasteiger partial charge < -0.3 is 9.30 Å². The fourth-order valence-electron chi connectivity index (χ4n) is 1.88. The molecule has 0 saturated carbocycles. The average molecular weight is 280 g/mol. The number of nitrogens with one attached hydrogen (secondary N) is 1. The number of rotatable bonds is 2. The monoisotopic (exact) mass is 280 g/mol. The van der Waals surface area contributed by atoms with Crippen LogP contribution in [0.3, 0.4) is 0 Å². The number of hydrogen-bond donors (Lipinski definition) is 1. The first-order chi connectivity index (χ1) is 9.28. The fraction of sp³-hybridized carbons (Fsp3) is 0.615. The van der Waals surface area contributed by atoms with Crippen molar-refractivity contribution in [3.8, 4) is 0 Å². The summed E-state index contributed by atoms with van der Waals surface area (Å²) in [4.78, 5) is 29.5. The lowest BCUT2D eigenvalue weighted by molar-refractivity contribution is -0.125. The van der Waals surface area contributed by atoms with Gasteiger partial charge in [-0.25, -0.2) is 9.78 Å². The molecule has 1 saturated heterocycles. The Morgan fingerprint density at radius 1 is 1.45 bits per heavy atom. The topological polar surface area (TPSA) is 76.5 Å². The van der Waals surface area contributed by atoms with Gasteiger partial charge in [-0.05, 0) is 27.2 Å². The summed E-state index contributed by atoms with van der Waals surface area (Å²) in [5.74, 6) is 0.224. The van der Waals surface area contributed by atoms with Crippen molar-refractivity contribution >= 4 is 17.9 Å². The predicted molar refractivity (Wildman–Crippen MR) is 73.2 cm³/mol. The van der Waals surface area contributed by atoms with E-state index < -0.39 is 17.7 Å². The quantitative estimate of drug-likeness (QED) is 0.887.